The largest absolute Gasteiger partial charge is 0.436 e. The number of carbonyl (C=O) groups excluding carboxylic acids is 1. The third kappa shape index (κ3) is 2.54. The highest BCUT2D eigenvalue weighted by Gasteiger charge is 2.23. The van der Waals surface area contributed by atoms with Gasteiger partial charge in [-0.15, -0.1) is 0 Å². The minimum absolute atomic E-state index is 0.0941. The summed E-state index contributed by atoms with van der Waals surface area (Å²) in [5.74, 6) is -0.522. The fourth-order valence-electron chi connectivity index (χ4n) is 3.74. The van der Waals surface area contributed by atoms with Crippen LogP contribution in [0.4, 0.5) is 0 Å². The Kier molecular flexibility index (Phi) is 3.82. The number of rotatable bonds is 3. The Hall–Kier alpha value is -4.20. The Morgan fingerprint density at radius 2 is 1.80 bits per heavy atom. The molecule has 0 atom stereocenters. The van der Waals surface area contributed by atoms with Gasteiger partial charge >= 0.3 is 0 Å². The number of fused-ring (bicyclic) bond motifs is 2. The van der Waals surface area contributed by atoms with E-state index in [0.717, 1.165) is 16.8 Å². The van der Waals surface area contributed by atoms with Gasteiger partial charge in [0.05, 0.1) is 11.3 Å². The second kappa shape index (κ2) is 6.41. The number of primary amides is 1. The zero-order valence-corrected chi connectivity index (χ0v) is 16.3. The van der Waals surface area contributed by atoms with Crippen molar-refractivity contribution in [3.05, 3.63) is 75.8 Å². The molecular formula is C22H17N5O3. The second-order valence-electron chi connectivity index (χ2n) is 7.05. The number of aryl methyl sites for hydroxylation is 2. The Labute approximate surface area is 170 Å². The van der Waals surface area contributed by atoms with Crippen LogP contribution in [0.15, 0.2) is 57.7 Å². The van der Waals surface area contributed by atoms with E-state index in [9.17, 15) is 9.59 Å². The summed E-state index contributed by atoms with van der Waals surface area (Å²) < 4.78 is 7.18. The van der Waals surface area contributed by atoms with Gasteiger partial charge < -0.3 is 10.2 Å². The van der Waals surface area contributed by atoms with Crippen molar-refractivity contribution in [3.63, 3.8) is 0 Å². The Morgan fingerprint density at radius 1 is 1.03 bits per heavy atom. The summed E-state index contributed by atoms with van der Waals surface area (Å²) in [4.78, 5) is 34.1. The van der Waals surface area contributed by atoms with Gasteiger partial charge in [0.15, 0.2) is 11.2 Å². The molecule has 3 N–H and O–H groups in total. The van der Waals surface area contributed by atoms with E-state index in [2.05, 4.69) is 15.1 Å². The number of hydrogen-bond acceptors (Lipinski definition) is 5. The predicted octanol–water partition coefficient (Wildman–Crippen LogP) is 3.21. The SMILES string of the molecule is Cc1nc2c(-c3ccccc3)c(C)[nH]n2c(=O)c1-c1nc2c(C(N)=O)cccc2o1. The molecule has 2 aromatic carbocycles. The first-order chi connectivity index (χ1) is 14.5. The first kappa shape index (κ1) is 17.9. The maximum Gasteiger partial charge on any atom is 0.285 e. The molecule has 0 saturated carbocycles. The standard InChI is InChI=1S/C22H17N5O3/c1-11-17(21-25-18-14(19(23)28)9-6-10-15(18)30-21)22(29)27-20(24-11)16(12(2)26-27)13-7-4-3-5-8-13/h3-10,26H,1-2H3,(H2,23,28). The van der Waals surface area contributed by atoms with E-state index in [1.54, 1.807) is 25.1 Å². The van der Waals surface area contributed by atoms with Gasteiger partial charge in [0.2, 0.25) is 5.89 Å². The number of amides is 1. The predicted molar refractivity (Wildman–Crippen MR) is 112 cm³/mol. The number of carbonyl (C=O) groups is 1. The van der Waals surface area contributed by atoms with Crippen molar-refractivity contribution in [2.75, 3.05) is 0 Å². The number of hydrogen-bond donors (Lipinski definition) is 2. The van der Waals surface area contributed by atoms with Crippen LogP contribution in [-0.2, 0) is 0 Å². The first-order valence-corrected chi connectivity index (χ1v) is 9.33. The minimum atomic E-state index is -0.616. The zero-order chi connectivity index (χ0) is 21.0. The Bertz CT molecular complexity index is 1510. The van der Waals surface area contributed by atoms with E-state index >= 15 is 0 Å². The van der Waals surface area contributed by atoms with E-state index < -0.39 is 5.91 Å². The molecule has 148 valence electrons. The highest BCUT2D eigenvalue weighted by atomic mass is 16.3. The summed E-state index contributed by atoms with van der Waals surface area (Å²) >= 11 is 0. The number of aromatic amines is 1. The summed E-state index contributed by atoms with van der Waals surface area (Å²) in [7, 11) is 0. The average Bonchev–Trinajstić information content (AvgIpc) is 3.29. The van der Waals surface area contributed by atoms with Gasteiger partial charge in [-0.05, 0) is 31.5 Å². The molecule has 5 aromatic rings. The molecule has 0 radical (unpaired) electrons. The lowest BCUT2D eigenvalue weighted by Crippen LogP contribution is -2.19. The monoisotopic (exact) mass is 399 g/mol. The molecule has 8 nitrogen and oxygen atoms in total. The summed E-state index contributed by atoms with van der Waals surface area (Å²) in [6, 6.07) is 14.6. The molecule has 3 heterocycles. The van der Waals surface area contributed by atoms with Crippen molar-refractivity contribution in [2.45, 2.75) is 13.8 Å². The lowest BCUT2D eigenvalue weighted by Gasteiger charge is -2.04. The van der Waals surface area contributed by atoms with Crippen LogP contribution >= 0.6 is 0 Å². The number of benzene rings is 2. The number of para-hydroxylation sites is 1. The molecule has 0 aliphatic heterocycles. The minimum Gasteiger partial charge on any atom is -0.436 e. The van der Waals surface area contributed by atoms with Crippen molar-refractivity contribution in [1.82, 2.24) is 19.6 Å². The van der Waals surface area contributed by atoms with Crippen LogP contribution in [0.25, 0.3) is 39.3 Å². The molecular weight excluding hydrogens is 382 g/mol. The van der Waals surface area contributed by atoms with Crippen LogP contribution in [-0.4, -0.2) is 25.5 Å². The van der Waals surface area contributed by atoms with Gasteiger partial charge in [0.25, 0.3) is 11.5 Å². The molecule has 0 unspecified atom stereocenters. The molecule has 3 aromatic heterocycles. The number of H-pyrrole nitrogens is 1. The third-order valence-electron chi connectivity index (χ3n) is 5.10. The smallest absolute Gasteiger partial charge is 0.285 e. The quantitative estimate of drug-likeness (QED) is 0.483. The number of aromatic nitrogens is 4. The van der Waals surface area contributed by atoms with Crippen LogP contribution in [0.2, 0.25) is 0 Å². The summed E-state index contributed by atoms with van der Waals surface area (Å²) in [6.07, 6.45) is 0. The van der Waals surface area contributed by atoms with Crippen LogP contribution < -0.4 is 11.3 Å². The van der Waals surface area contributed by atoms with E-state index in [-0.39, 0.29) is 22.6 Å². The van der Waals surface area contributed by atoms with E-state index in [1.807, 2.05) is 37.3 Å². The molecule has 5 rings (SSSR count). The molecule has 1 amide bonds. The van der Waals surface area contributed by atoms with Crippen molar-refractivity contribution in [2.24, 2.45) is 5.73 Å². The topological polar surface area (TPSA) is 119 Å². The number of nitrogens with zero attached hydrogens (tertiary/aromatic N) is 3. The average molecular weight is 399 g/mol. The van der Waals surface area contributed by atoms with Crippen molar-refractivity contribution in [3.8, 4) is 22.6 Å². The second-order valence-corrected chi connectivity index (χ2v) is 7.05. The molecule has 30 heavy (non-hydrogen) atoms. The van der Waals surface area contributed by atoms with Gasteiger partial charge in [-0.1, -0.05) is 36.4 Å². The lowest BCUT2D eigenvalue weighted by atomic mass is 10.1. The molecule has 0 aliphatic rings. The number of oxazole rings is 1. The van der Waals surface area contributed by atoms with Crippen molar-refractivity contribution >= 4 is 22.7 Å². The zero-order valence-electron chi connectivity index (χ0n) is 16.3. The third-order valence-corrected chi connectivity index (χ3v) is 5.10. The summed E-state index contributed by atoms with van der Waals surface area (Å²) in [5, 5.41) is 3.09. The van der Waals surface area contributed by atoms with E-state index in [0.29, 0.717) is 22.4 Å². The van der Waals surface area contributed by atoms with Gasteiger partial charge in [0, 0.05) is 11.3 Å². The van der Waals surface area contributed by atoms with Crippen LogP contribution in [0.5, 0.6) is 0 Å². The fourth-order valence-corrected chi connectivity index (χ4v) is 3.74. The van der Waals surface area contributed by atoms with Crippen molar-refractivity contribution in [1.29, 1.82) is 0 Å². The number of nitrogens with two attached hydrogens (primary N) is 1. The van der Waals surface area contributed by atoms with Gasteiger partial charge in [-0.3, -0.25) is 14.7 Å². The maximum atomic E-state index is 13.3. The van der Waals surface area contributed by atoms with Crippen molar-refractivity contribution < 1.29 is 9.21 Å². The molecule has 0 spiro atoms. The maximum absolute atomic E-state index is 13.3. The van der Waals surface area contributed by atoms with Crippen LogP contribution in [0.1, 0.15) is 21.7 Å². The first-order valence-electron chi connectivity index (χ1n) is 9.33. The lowest BCUT2D eigenvalue weighted by molar-refractivity contribution is 0.100. The summed E-state index contributed by atoms with van der Waals surface area (Å²) in [6.45, 7) is 3.63. The van der Waals surface area contributed by atoms with Crippen LogP contribution in [0, 0.1) is 13.8 Å². The highest BCUT2D eigenvalue weighted by Crippen LogP contribution is 2.29. The molecule has 8 heteroatoms. The fraction of sp³-hybridized carbons (Fsp3) is 0.0909. The van der Waals surface area contributed by atoms with E-state index in [1.165, 1.54) is 4.52 Å². The Balaban J connectivity index is 1.78. The molecule has 0 aliphatic carbocycles. The molecule has 0 bridgehead atoms. The van der Waals surface area contributed by atoms with Gasteiger partial charge in [0.1, 0.15) is 11.1 Å². The highest BCUT2D eigenvalue weighted by molar-refractivity contribution is 6.04. The van der Waals surface area contributed by atoms with E-state index in [4.69, 9.17) is 10.2 Å². The molecule has 0 fully saturated rings. The molecule has 0 saturated heterocycles. The number of nitrogens with one attached hydrogen (secondary N) is 1. The Morgan fingerprint density at radius 3 is 2.53 bits per heavy atom. The normalized spacial score (nSPS) is 11.4. The van der Waals surface area contributed by atoms with Gasteiger partial charge in [-0.25, -0.2) is 14.5 Å². The summed E-state index contributed by atoms with van der Waals surface area (Å²) in [5.41, 5.74) is 9.87. The van der Waals surface area contributed by atoms with Gasteiger partial charge in [-0.2, -0.15) is 0 Å². The van der Waals surface area contributed by atoms with Crippen LogP contribution in [0.3, 0.4) is 0 Å².